The summed E-state index contributed by atoms with van der Waals surface area (Å²) in [6, 6.07) is 16.0. The molecule has 0 spiro atoms. The van der Waals surface area contributed by atoms with Crippen molar-refractivity contribution in [2.24, 2.45) is 0 Å². The van der Waals surface area contributed by atoms with Gasteiger partial charge in [-0.05, 0) is 48.4 Å². The number of carbonyl (C=O) groups is 2. The first-order valence-corrected chi connectivity index (χ1v) is 10.1. The summed E-state index contributed by atoms with van der Waals surface area (Å²) in [6.07, 6.45) is 2.67. The number of aryl methyl sites for hydroxylation is 3. The van der Waals surface area contributed by atoms with Gasteiger partial charge in [0.1, 0.15) is 6.04 Å². The first kappa shape index (κ1) is 21.7. The lowest BCUT2D eigenvalue weighted by Gasteiger charge is -2.31. The Hall–Kier alpha value is -2.62. The number of carbonyl (C=O) groups excluding carboxylic acids is 2. The van der Waals surface area contributed by atoms with Gasteiger partial charge in [-0.25, -0.2) is 0 Å². The van der Waals surface area contributed by atoms with Crippen molar-refractivity contribution in [3.63, 3.8) is 0 Å². The molecule has 2 aromatic carbocycles. The molecule has 0 saturated carbocycles. The predicted molar refractivity (Wildman–Crippen MR) is 114 cm³/mol. The number of rotatable bonds is 9. The molecule has 2 amide bonds. The van der Waals surface area contributed by atoms with Crippen LogP contribution in [-0.2, 0) is 29.0 Å². The van der Waals surface area contributed by atoms with Crippen molar-refractivity contribution < 1.29 is 9.59 Å². The van der Waals surface area contributed by atoms with Crippen LogP contribution in [0.2, 0.25) is 0 Å². The molecule has 4 heteroatoms. The van der Waals surface area contributed by atoms with E-state index in [0.717, 1.165) is 23.1 Å². The van der Waals surface area contributed by atoms with Crippen LogP contribution >= 0.6 is 0 Å². The Balaban J connectivity index is 2.17. The van der Waals surface area contributed by atoms with Gasteiger partial charge in [0.05, 0.1) is 0 Å². The monoisotopic (exact) mass is 380 g/mol. The van der Waals surface area contributed by atoms with Crippen molar-refractivity contribution in [3.8, 4) is 0 Å². The molecule has 150 valence electrons. The lowest BCUT2D eigenvalue weighted by atomic mass is 10.0. The van der Waals surface area contributed by atoms with Gasteiger partial charge in [0.25, 0.3) is 0 Å². The molecule has 0 heterocycles. The normalized spacial score (nSPS) is 11.7. The highest BCUT2D eigenvalue weighted by molar-refractivity contribution is 5.87. The van der Waals surface area contributed by atoms with Crippen molar-refractivity contribution >= 4 is 11.8 Å². The second kappa shape index (κ2) is 10.6. The van der Waals surface area contributed by atoms with E-state index < -0.39 is 6.04 Å². The van der Waals surface area contributed by atoms with Gasteiger partial charge >= 0.3 is 0 Å². The molecule has 1 N–H and O–H groups in total. The minimum absolute atomic E-state index is 0.0123. The van der Waals surface area contributed by atoms with E-state index in [9.17, 15) is 9.59 Å². The summed E-state index contributed by atoms with van der Waals surface area (Å²) >= 11 is 0. The third kappa shape index (κ3) is 5.69. The Morgan fingerprint density at radius 1 is 1.00 bits per heavy atom. The van der Waals surface area contributed by atoms with Gasteiger partial charge in [0.2, 0.25) is 11.8 Å². The highest BCUT2D eigenvalue weighted by atomic mass is 16.2. The molecule has 2 aromatic rings. The van der Waals surface area contributed by atoms with Crippen molar-refractivity contribution in [2.75, 3.05) is 7.05 Å². The largest absolute Gasteiger partial charge is 0.357 e. The minimum atomic E-state index is -0.459. The van der Waals surface area contributed by atoms with Crippen LogP contribution in [0.25, 0.3) is 0 Å². The van der Waals surface area contributed by atoms with E-state index in [-0.39, 0.29) is 11.8 Å². The predicted octanol–water partition coefficient (Wildman–Crippen LogP) is 4.04. The molecule has 0 aliphatic carbocycles. The maximum Gasteiger partial charge on any atom is 0.242 e. The molecule has 28 heavy (non-hydrogen) atoms. The van der Waals surface area contributed by atoms with E-state index in [1.165, 1.54) is 5.56 Å². The number of hydrogen-bond acceptors (Lipinski definition) is 2. The highest BCUT2D eigenvalue weighted by Gasteiger charge is 2.27. The van der Waals surface area contributed by atoms with E-state index in [0.29, 0.717) is 25.8 Å². The molecule has 0 aliphatic rings. The van der Waals surface area contributed by atoms with E-state index in [2.05, 4.69) is 36.5 Å². The molecule has 0 fully saturated rings. The Morgan fingerprint density at radius 2 is 1.64 bits per heavy atom. The van der Waals surface area contributed by atoms with Crippen LogP contribution in [0.1, 0.15) is 48.9 Å². The molecule has 0 radical (unpaired) electrons. The van der Waals surface area contributed by atoms with Crippen molar-refractivity contribution in [1.29, 1.82) is 0 Å². The van der Waals surface area contributed by atoms with Crippen LogP contribution in [0, 0.1) is 6.92 Å². The number of benzene rings is 2. The molecule has 0 saturated heterocycles. The number of amides is 2. The van der Waals surface area contributed by atoms with Crippen molar-refractivity contribution in [2.45, 2.75) is 59.0 Å². The molecule has 4 nitrogen and oxygen atoms in total. The fraction of sp³-hybridized carbons (Fsp3) is 0.417. The summed E-state index contributed by atoms with van der Waals surface area (Å²) in [5.41, 5.74) is 4.64. The maximum atomic E-state index is 13.1. The van der Waals surface area contributed by atoms with Crippen LogP contribution in [0.4, 0.5) is 0 Å². The second-order valence-corrected chi connectivity index (χ2v) is 7.16. The third-order valence-corrected chi connectivity index (χ3v) is 5.29. The summed E-state index contributed by atoms with van der Waals surface area (Å²) in [4.78, 5) is 27.3. The fourth-order valence-electron chi connectivity index (χ4n) is 3.39. The maximum absolute atomic E-state index is 13.1. The zero-order valence-electron chi connectivity index (χ0n) is 17.5. The number of likely N-dealkylation sites (N-methyl/N-ethyl adjacent to an activating group) is 1. The SMILES string of the molecule is CCc1ccc(CCC(=O)N(Cc2ccccc2C)[C@H](CC)C(=O)NC)cc1. The van der Waals surface area contributed by atoms with E-state index in [1.54, 1.807) is 11.9 Å². The van der Waals surface area contributed by atoms with Crippen LogP contribution in [0.3, 0.4) is 0 Å². The minimum Gasteiger partial charge on any atom is -0.357 e. The summed E-state index contributed by atoms with van der Waals surface area (Å²) < 4.78 is 0. The molecule has 0 bridgehead atoms. The van der Waals surface area contributed by atoms with Gasteiger partial charge in [-0.3, -0.25) is 9.59 Å². The smallest absolute Gasteiger partial charge is 0.242 e. The van der Waals surface area contributed by atoms with Crippen LogP contribution < -0.4 is 5.32 Å². The number of nitrogens with one attached hydrogen (secondary N) is 1. The molecule has 1 atom stereocenters. The Kier molecular flexibility index (Phi) is 8.24. The standard InChI is InChI=1S/C24H32N2O2/c1-5-19-11-13-20(14-12-19)15-16-23(27)26(22(6-2)24(28)25-4)17-21-10-8-7-9-18(21)3/h7-14,22H,5-6,15-17H2,1-4H3,(H,25,28)/t22-/m1/s1. The first-order valence-electron chi connectivity index (χ1n) is 10.1. The van der Waals surface area contributed by atoms with Gasteiger partial charge in [0.15, 0.2) is 0 Å². The number of hydrogen-bond donors (Lipinski definition) is 1. The highest BCUT2D eigenvalue weighted by Crippen LogP contribution is 2.17. The van der Waals surface area contributed by atoms with Crippen LogP contribution in [-0.4, -0.2) is 29.8 Å². The molecule has 0 unspecified atom stereocenters. The quantitative estimate of drug-likeness (QED) is 0.714. The van der Waals surface area contributed by atoms with Gasteiger partial charge in [-0.15, -0.1) is 0 Å². The zero-order chi connectivity index (χ0) is 20.5. The molecule has 0 aliphatic heterocycles. The summed E-state index contributed by atoms with van der Waals surface area (Å²) in [5, 5.41) is 2.71. The number of nitrogens with zero attached hydrogens (tertiary/aromatic N) is 1. The summed E-state index contributed by atoms with van der Waals surface area (Å²) in [7, 11) is 1.62. The Bertz CT molecular complexity index is 783. The van der Waals surface area contributed by atoms with E-state index >= 15 is 0 Å². The fourth-order valence-corrected chi connectivity index (χ4v) is 3.39. The molecule has 0 aromatic heterocycles. The van der Waals surface area contributed by atoms with Crippen molar-refractivity contribution in [3.05, 3.63) is 70.8 Å². The van der Waals surface area contributed by atoms with Gasteiger partial charge < -0.3 is 10.2 Å². The lowest BCUT2D eigenvalue weighted by Crippen LogP contribution is -2.48. The zero-order valence-corrected chi connectivity index (χ0v) is 17.5. The molecular formula is C24H32N2O2. The van der Waals surface area contributed by atoms with Gasteiger partial charge in [-0.1, -0.05) is 62.4 Å². The lowest BCUT2D eigenvalue weighted by molar-refractivity contribution is -0.141. The Labute approximate surface area is 169 Å². The van der Waals surface area contributed by atoms with Crippen LogP contribution in [0.5, 0.6) is 0 Å². The third-order valence-electron chi connectivity index (χ3n) is 5.29. The summed E-state index contributed by atoms with van der Waals surface area (Å²) in [5.74, 6) is -0.102. The van der Waals surface area contributed by atoms with Gasteiger partial charge in [0, 0.05) is 20.0 Å². The van der Waals surface area contributed by atoms with Crippen LogP contribution in [0.15, 0.2) is 48.5 Å². The molecule has 2 rings (SSSR count). The average molecular weight is 381 g/mol. The van der Waals surface area contributed by atoms with Crippen molar-refractivity contribution in [1.82, 2.24) is 10.2 Å². The average Bonchev–Trinajstić information content (AvgIpc) is 2.73. The van der Waals surface area contributed by atoms with Gasteiger partial charge in [-0.2, -0.15) is 0 Å². The second-order valence-electron chi connectivity index (χ2n) is 7.16. The Morgan fingerprint density at radius 3 is 2.21 bits per heavy atom. The first-order chi connectivity index (χ1) is 13.5. The molecular weight excluding hydrogens is 348 g/mol. The van der Waals surface area contributed by atoms with E-state index in [4.69, 9.17) is 0 Å². The van der Waals surface area contributed by atoms with E-state index in [1.807, 2.05) is 38.1 Å². The topological polar surface area (TPSA) is 49.4 Å². The summed E-state index contributed by atoms with van der Waals surface area (Å²) in [6.45, 7) is 6.56.